The van der Waals surface area contributed by atoms with E-state index in [-0.39, 0.29) is 17.9 Å². The molecular weight excluding hydrogens is 384 g/mol. The summed E-state index contributed by atoms with van der Waals surface area (Å²) in [5.41, 5.74) is 8.87. The molecule has 0 atom stereocenters. The lowest BCUT2D eigenvalue weighted by atomic mass is 10.1. The lowest BCUT2D eigenvalue weighted by Crippen LogP contribution is -2.14. The first-order valence-electron chi connectivity index (χ1n) is 9.70. The van der Waals surface area contributed by atoms with Gasteiger partial charge in [0.05, 0.1) is 12.2 Å². The van der Waals surface area contributed by atoms with E-state index in [1.54, 1.807) is 18.6 Å². The normalized spacial score (nSPS) is 15.0. The number of aryl methyl sites for hydroxylation is 1. The molecule has 0 aromatic carbocycles. The Balaban J connectivity index is 0.000000313. The van der Waals surface area contributed by atoms with Crippen molar-refractivity contribution in [3.63, 3.8) is 0 Å². The number of nitrogens with zero attached hydrogens (tertiary/aromatic N) is 3. The molecular formula is C21H22N6O3. The summed E-state index contributed by atoms with van der Waals surface area (Å²) in [5.74, 6) is 1.13. The van der Waals surface area contributed by atoms with Gasteiger partial charge in [0.1, 0.15) is 18.2 Å². The lowest BCUT2D eigenvalue weighted by molar-refractivity contribution is -0.117. The minimum atomic E-state index is -0.296. The van der Waals surface area contributed by atoms with E-state index in [1.807, 2.05) is 25.1 Å². The van der Waals surface area contributed by atoms with Crippen LogP contribution in [0.2, 0.25) is 0 Å². The van der Waals surface area contributed by atoms with Crippen LogP contribution >= 0.6 is 0 Å². The number of pyridine rings is 3. The Bertz CT molecular complexity index is 1110. The number of ether oxygens (including phenoxy) is 1. The highest BCUT2D eigenvalue weighted by Gasteiger charge is 2.29. The number of nitrogens with two attached hydrogens (primary N) is 1. The van der Waals surface area contributed by atoms with Crippen molar-refractivity contribution < 1.29 is 14.3 Å². The SMILES string of the molecule is Cc1ccncc1-c1cc2cc(NC(=O)C3CC3)ncc2c(N)n1.O=C1NCCO1. The average molecular weight is 406 g/mol. The van der Waals surface area contributed by atoms with Crippen molar-refractivity contribution in [3.8, 4) is 11.3 Å². The predicted molar refractivity (Wildman–Crippen MR) is 113 cm³/mol. The van der Waals surface area contributed by atoms with Crippen molar-refractivity contribution in [2.24, 2.45) is 5.92 Å². The van der Waals surface area contributed by atoms with Crippen LogP contribution in [0.25, 0.3) is 22.0 Å². The Kier molecular flexibility index (Phi) is 5.42. The van der Waals surface area contributed by atoms with Crippen molar-refractivity contribution in [1.29, 1.82) is 0 Å². The van der Waals surface area contributed by atoms with Crippen molar-refractivity contribution in [2.75, 3.05) is 24.2 Å². The van der Waals surface area contributed by atoms with Crippen molar-refractivity contribution >= 4 is 34.4 Å². The zero-order valence-corrected chi connectivity index (χ0v) is 16.5. The zero-order chi connectivity index (χ0) is 21.1. The van der Waals surface area contributed by atoms with E-state index in [2.05, 4.69) is 30.3 Å². The van der Waals surface area contributed by atoms with E-state index >= 15 is 0 Å². The van der Waals surface area contributed by atoms with E-state index in [0.717, 1.165) is 40.4 Å². The Labute approximate surface area is 173 Å². The Hall–Kier alpha value is -3.75. The minimum Gasteiger partial charge on any atom is -0.448 e. The molecule has 154 valence electrons. The first-order chi connectivity index (χ1) is 14.5. The maximum atomic E-state index is 11.9. The number of fused-ring (bicyclic) bond motifs is 1. The Morgan fingerprint density at radius 3 is 2.77 bits per heavy atom. The highest BCUT2D eigenvalue weighted by atomic mass is 16.6. The standard InChI is InChI=1S/C18H17N5O.C3H5NO2/c1-10-4-5-20-8-13(10)15-6-12-7-16(23-18(24)11-2-3-11)21-9-14(12)17(19)22-15;5-3-4-1-2-6-3/h4-9,11H,2-3H2,1H3,(H2,19,22)(H,21,23,24);1-2H2,(H,4,5). The van der Waals surface area contributed by atoms with Crippen LogP contribution in [0.5, 0.6) is 0 Å². The van der Waals surface area contributed by atoms with Crippen LogP contribution in [0.3, 0.4) is 0 Å². The van der Waals surface area contributed by atoms with Gasteiger partial charge in [-0.05, 0) is 48.9 Å². The maximum Gasteiger partial charge on any atom is 0.407 e. The second-order valence-corrected chi connectivity index (χ2v) is 7.20. The third-order valence-corrected chi connectivity index (χ3v) is 4.86. The van der Waals surface area contributed by atoms with Gasteiger partial charge >= 0.3 is 6.09 Å². The maximum absolute atomic E-state index is 11.9. The number of alkyl carbamates (subject to hydrolysis) is 1. The molecule has 0 radical (unpaired) electrons. The second kappa shape index (κ2) is 8.32. The molecule has 4 heterocycles. The van der Waals surface area contributed by atoms with E-state index in [4.69, 9.17) is 5.73 Å². The molecule has 2 fully saturated rings. The summed E-state index contributed by atoms with van der Waals surface area (Å²) in [6.45, 7) is 3.20. The fraction of sp³-hybridized carbons (Fsp3) is 0.286. The van der Waals surface area contributed by atoms with E-state index < -0.39 is 0 Å². The summed E-state index contributed by atoms with van der Waals surface area (Å²) in [6, 6.07) is 5.72. The number of aromatic nitrogens is 3. The fourth-order valence-corrected chi connectivity index (χ4v) is 3.03. The van der Waals surface area contributed by atoms with Gasteiger partial charge < -0.3 is 21.1 Å². The molecule has 30 heavy (non-hydrogen) atoms. The second-order valence-electron chi connectivity index (χ2n) is 7.20. The van der Waals surface area contributed by atoms with Crippen LogP contribution in [-0.4, -0.2) is 40.1 Å². The lowest BCUT2D eigenvalue weighted by Gasteiger charge is -2.10. The molecule has 1 saturated carbocycles. The third kappa shape index (κ3) is 4.45. The number of cyclic esters (lactones) is 1. The van der Waals surface area contributed by atoms with Gasteiger partial charge in [0, 0.05) is 35.5 Å². The smallest absolute Gasteiger partial charge is 0.407 e. The topological polar surface area (TPSA) is 132 Å². The monoisotopic (exact) mass is 406 g/mol. The van der Waals surface area contributed by atoms with Crippen LogP contribution in [0, 0.1) is 12.8 Å². The van der Waals surface area contributed by atoms with Crippen LogP contribution in [-0.2, 0) is 9.53 Å². The number of hydrogen-bond acceptors (Lipinski definition) is 7. The largest absolute Gasteiger partial charge is 0.448 e. The Morgan fingerprint density at radius 2 is 2.13 bits per heavy atom. The molecule has 4 N–H and O–H groups in total. The number of hydrogen-bond donors (Lipinski definition) is 3. The summed E-state index contributed by atoms with van der Waals surface area (Å²) in [5, 5.41) is 6.98. The van der Waals surface area contributed by atoms with Gasteiger partial charge in [-0.25, -0.2) is 14.8 Å². The average Bonchev–Trinajstić information content (AvgIpc) is 3.48. The molecule has 0 spiro atoms. The highest BCUT2D eigenvalue weighted by Crippen LogP contribution is 2.31. The number of carbonyl (C=O) groups is 2. The van der Waals surface area contributed by atoms with Crippen molar-refractivity contribution in [1.82, 2.24) is 20.3 Å². The summed E-state index contributed by atoms with van der Waals surface area (Å²) >= 11 is 0. The van der Waals surface area contributed by atoms with Crippen LogP contribution < -0.4 is 16.4 Å². The number of anilines is 2. The quantitative estimate of drug-likeness (QED) is 0.609. The fourth-order valence-electron chi connectivity index (χ4n) is 3.03. The summed E-state index contributed by atoms with van der Waals surface area (Å²) in [6.07, 6.45) is 6.80. The molecule has 5 rings (SSSR count). The number of amides is 2. The van der Waals surface area contributed by atoms with Gasteiger partial charge in [-0.15, -0.1) is 0 Å². The van der Waals surface area contributed by atoms with Gasteiger partial charge in [0.25, 0.3) is 0 Å². The highest BCUT2D eigenvalue weighted by molar-refractivity contribution is 5.98. The minimum absolute atomic E-state index is 0.0344. The Morgan fingerprint density at radius 1 is 1.30 bits per heavy atom. The summed E-state index contributed by atoms with van der Waals surface area (Å²) in [7, 11) is 0. The third-order valence-electron chi connectivity index (χ3n) is 4.86. The van der Waals surface area contributed by atoms with Crippen molar-refractivity contribution in [3.05, 3.63) is 42.4 Å². The van der Waals surface area contributed by atoms with Crippen LogP contribution in [0.4, 0.5) is 16.4 Å². The van der Waals surface area contributed by atoms with Gasteiger partial charge in [0.15, 0.2) is 0 Å². The van der Waals surface area contributed by atoms with Gasteiger partial charge in [-0.3, -0.25) is 9.78 Å². The van der Waals surface area contributed by atoms with Gasteiger partial charge in [-0.2, -0.15) is 0 Å². The zero-order valence-electron chi connectivity index (χ0n) is 16.5. The molecule has 0 unspecified atom stereocenters. The van der Waals surface area contributed by atoms with Gasteiger partial charge in [0.2, 0.25) is 5.91 Å². The molecule has 9 heteroatoms. The predicted octanol–water partition coefficient (Wildman–Crippen LogP) is 2.66. The number of rotatable bonds is 3. The number of nitrogens with one attached hydrogen (secondary N) is 2. The molecule has 3 aromatic heterocycles. The number of carbonyl (C=O) groups excluding carboxylic acids is 2. The van der Waals surface area contributed by atoms with E-state index in [0.29, 0.717) is 24.8 Å². The molecule has 1 saturated heterocycles. The number of nitrogen functional groups attached to an aromatic ring is 1. The van der Waals surface area contributed by atoms with Gasteiger partial charge in [-0.1, -0.05) is 0 Å². The molecule has 3 aromatic rings. The molecule has 2 aliphatic rings. The van der Waals surface area contributed by atoms with Crippen LogP contribution in [0.15, 0.2) is 36.8 Å². The summed E-state index contributed by atoms with van der Waals surface area (Å²) in [4.78, 5) is 34.7. The molecule has 0 bridgehead atoms. The molecule has 1 aliphatic carbocycles. The van der Waals surface area contributed by atoms with Crippen LogP contribution in [0.1, 0.15) is 18.4 Å². The van der Waals surface area contributed by atoms with E-state index in [9.17, 15) is 9.59 Å². The van der Waals surface area contributed by atoms with Crippen molar-refractivity contribution in [2.45, 2.75) is 19.8 Å². The first kappa shape index (κ1) is 19.6. The molecule has 2 amide bonds. The van der Waals surface area contributed by atoms with E-state index in [1.165, 1.54) is 0 Å². The molecule has 9 nitrogen and oxygen atoms in total. The molecule has 1 aliphatic heterocycles. The summed E-state index contributed by atoms with van der Waals surface area (Å²) < 4.78 is 4.40. The first-order valence-corrected chi connectivity index (χ1v) is 9.70.